The molecular weight excluding hydrogens is 280 g/mol. The summed E-state index contributed by atoms with van der Waals surface area (Å²) < 4.78 is 0. The maximum absolute atomic E-state index is 12.4. The van der Waals surface area contributed by atoms with Crippen molar-refractivity contribution in [2.24, 2.45) is 11.8 Å². The molecular formula is C17H24N2O3. The maximum Gasteiger partial charge on any atom is 0.227 e. The van der Waals surface area contributed by atoms with E-state index in [4.69, 9.17) is 0 Å². The molecule has 22 heavy (non-hydrogen) atoms. The van der Waals surface area contributed by atoms with Crippen molar-refractivity contribution in [3.8, 4) is 0 Å². The van der Waals surface area contributed by atoms with E-state index in [1.54, 1.807) is 4.90 Å². The lowest BCUT2D eigenvalue weighted by Gasteiger charge is -2.24. The Morgan fingerprint density at radius 1 is 1.41 bits per heavy atom. The number of rotatable bonds is 6. The summed E-state index contributed by atoms with van der Waals surface area (Å²) in [7, 11) is 0. The molecule has 0 aromatic heterocycles. The summed E-state index contributed by atoms with van der Waals surface area (Å²) in [6, 6.07) is 9.13. The number of hydrogen-bond donors (Lipinski definition) is 2. The monoisotopic (exact) mass is 304 g/mol. The van der Waals surface area contributed by atoms with Crippen molar-refractivity contribution in [3.63, 3.8) is 0 Å². The van der Waals surface area contributed by atoms with Crippen LogP contribution in [0.15, 0.2) is 30.3 Å². The zero-order valence-corrected chi connectivity index (χ0v) is 13.2. The van der Waals surface area contributed by atoms with E-state index in [1.807, 2.05) is 44.2 Å². The Hall–Kier alpha value is -1.88. The SMILES string of the molecule is CC[C@@H](C)[C@@H](CO)NC(=O)[C@@H]1CC(=O)N(c2ccccc2)C1. The number of aliphatic hydroxyl groups excluding tert-OH is 1. The normalized spacial score (nSPS) is 20.8. The van der Waals surface area contributed by atoms with Gasteiger partial charge in [0.1, 0.15) is 0 Å². The van der Waals surface area contributed by atoms with Crippen LogP contribution in [0.2, 0.25) is 0 Å². The van der Waals surface area contributed by atoms with E-state index in [9.17, 15) is 14.7 Å². The van der Waals surface area contributed by atoms with Gasteiger partial charge in [-0.25, -0.2) is 0 Å². The molecule has 1 fully saturated rings. The first kappa shape index (κ1) is 16.5. The molecule has 2 rings (SSSR count). The minimum absolute atomic E-state index is 0.0320. The van der Waals surface area contributed by atoms with Gasteiger partial charge in [-0.15, -0.1) is 0 Å². The molecule has 1 aromatic rings. The summed E-state index contributed by atoms with van der Waals surface area (Å²) in [4.78, 5) is 26.1. The number of nitrogens with one attached hydrogen (secondary N) is 1. The fourth-order valence-corrected chi connectivity index (χ4v) is 2.69. The van der Waals surface area contributed by atoms with Gasteiger partial charge in [-0.2, -0.15) is 0 Å². The van der Waals surface area contributed by atoms with Gasteiger partial charge in [-0.3, -0.25) is 9.59 Å². The van der Waals surface area contributed by atoms with Crippen LogP contribution in [0.5, 0.6) is 0 Å². The number of amides is 2. The summed E-state index contributed by atoms with van der Waals surface area (Å²) in [6.45, 7) is 4.34. The summed E-state index contributed by atoms with van der Waals surface area (Å²) >= 11 is 0. The third-order valence-corrected chi connectivity index (χ3v) is 4.42. The number of hydrogen-bond acceptors (Lipinski definition) is 3. The smallest absolute Gasteiger partial charge is 0.227 e. The minimum Gasteiger partial charge on any atom is -0.394 e. The molecule has 120 valence electrons. The lowest BCUT2D eigenvalue weighted by atomic mass is 9.98. The standard InChI is InChI=1S/C17H24N2O3/c1-3-12(2)15(11-20)18-17(22)13-9-16(21)19(10-13)14-7-5-4-6-8-14/h4-8,12-13,15,20H,3,9-11H2,1-2H3,(H,18,22)/t12-,13-,15-/m1/s1. The Morgan fingerprint density at radius 2 is 2.09 bits per heavy atom. The highest BCUT2D eigenvalue weighted by Crippen LogP contribution is 2.25. The van der Waals surface area contributed by atoms with Crippen molar-refractivity contribution in [1.82, 2.24) is 5.32 Å². The molecule has 1 aromatic carbocycles. The quantitative estimate of drug-likeness (QED) is 0.838. The second kappa shape index (κ2) is 7.40. The van der Waals surface area contributed by atoms with Gasteiger partial charge in [0.15, 0.2) is 0 Å². The number of carbonyl (C=O) groups is 2. The van der Waals surface area contributed by atoms with Crippen LogP contribution in [0.3, 0.4) is 0 Å². The number of para-hydroxylation sites is 1. The Kier molecular flexibility index (Phi) is 5.55. The van der Waals surface area contributed by atoms with Crippen molar-refractivity contribution in [1.29, 1.82) is 0 Å². The van der Waals surface area contributed by atoms with Gasteiger partial charge < -0.3 is 15.3 Å². The summed E-state index contributed by atoms with van der Waals surface area (Å²) in [5.41, 5.74) is 0.823. The minimum atomic E-state index is -0.356. The second-order valence-corrected chi connectivity index (χ2v) is 5.92. The van der Waals surface area contributed by atoms with Gasteiger partial charge in [-0.05, 0) is 18.1 Å². The molecule has 0 bridgehead atoms. The number of nitrogens with zero attached hydrogens (tertiary/aromatic N) is 1. The van der Waals surface area contributed by atoms with Crippen molar-refractivity contribution in [3.05, 3.63) is 30.3 Å². The van der Waals surface area contributed by atoms with Crippen molar-refractivity contribution in [2.45, 2.75) is 32.7 Å². The van der Waals surface area contributed by atoms with E-state index >= 15 is 0 Å². The molecule has 1 heterocycles. The van der Waals surface area contributed by atoms with Crippen LogP contribution in [0.4, 0.5) is 5.69 Å². The molecule has 3 atom stereocenters. The number of carbonyl (C=O) groups excluding carboxylic acids is 2. The highest BCUT2D eigenvalue weighted by Gasteiger charge is 2.36. The maximum atomic E-state index is 12.4. The van der Waals surface area contributed by atoms with E-state index in [2.05, 4.69) is 5.32 Å². The van der Waals surface area contributed by atoms with Crippen molar-refractivity contribution in [2.75, 3.05) is 18.1 Å². The van der Waals surface area contributed by atoms with Crippen LogP contribution >= 0.6 is 0 Å². The molecule has 0 spiro atoms. The average molecular weight is 304 g/mol. The Bertz CT molecular complexity index is 518. The molecule has 1 aliphatic heterocycles. The van der Waals surface area contributed by atoms with Crippen LogP contribution in [0.1, 0.15) is 26.7 Å². The molecule has 1 saturated heterocycles. The topological polar surface area (TPSA) is 69.6 Å². The summed E-state index contributed by atoms with van der Waals surface area (Å²) in [6.07, 6.45) is 1.10. The predicted molar refractivity (Wildman–Crippen MR) is 85.4 cm³/mol. The second-order valence-electron chi connectivity index (χ2n) is 5.92. The molecule has 5 heteroatoms. The Morgan fingerprint density at radius 3 is 2.68 bits per heavy atom. The van der Waals surface area contributed by atoms with Gasteiger partial charge in [0.2, 0.25) is 11.8 Å². The fourth-order valence-electron chi connectivity index (χ4n) is 2.69. The highest BCUT2D eigenvalue weighted by atomic mass is 16.3. The molecule has 5 nitrogen and oxygen atoms in total. The third-order valence-electron chi connectivity index (χ3n) is 4.42. The van der Waals surface area contributed by atoms with E-state index in [-0.39, 0.29) is 42.7 Å². The van der Waals surface area contributed by atoms with Gasteiger partial charge >= 0.3 is 0 Å². The van der Waals surface area contributed by atoms with E-state index in [0.717, 1.165) is 12.1 Å². The van der Waals surface area contributed by atoms with Crippen molar-refractivity contribution >= 4 is 17.5 Å². The van der Waals surface area contributed by atoms with E-state index < -0.39 is 0 Å². The zero-order valence-electron chi connectivity index (χ0n) is 13.2. The summed E-state index contributed by atoms with van der Waals surface area (Å²) in [5.74, 6) is -0.330. The molecule has 0 saturated carbocycles. The van der Waals surface area contributed by atoms with Crippen molar-refractivity contribution < 1.29 is 14.7 Å². The third kappa shape index (κ3) is 3.65. The Balaban J connectivity index is 1.99. The van der Waals surface area contributed by atoms with Gasteiger partial charge in [0.25, 0.3) is 0 Å². The van der Waals surface area contributed by atoms with Crippen LogP contribution in [0, 0.1) is 11.8 Å². The van der Waals surface area contributed by atoms with Gasteiger partial charge in [0, 0.05) is 18.7 Å². The first-order chi connectivity index (χ1) is 10.6. The molecule has 2 amide bonds. The molecule has 1 aliphatic rings. The van der Waals surface area contributed by atoms with Gasteiger partial charge in [0.05, 0.1) is 18.6 Å². The average Bonchev–Trinajstić information content (AvgIpc) is 2.94. The largest absolute Gasteiger partial charge is 0.394 e. The van der Waals surface area contributed by atoms with Crippen LogP contribution < -0.4 is 10.2 Å². The lowest BCUT2D eigenvalue weighted by Crippen LogP contribution is -2.45. The molecule has 0 radical (unpaired) electrons. The molecule has 0 aliphatic carbocycles. The number of aliphatic hydroxyl groups is 1. The van der Waals surface area contributed by atoms with E-state index in [1.165, 1.54) is 0 Å². The zero-order chi connectivity index (χ0) is 16.1. The highest BCUT2D eigenvalue weighted by molar-refractivity contribution is 6.00. The molecule has 2 N–H and O–H groups in total. The van der Waals surface area contributed by atoms with E-state index in [0.29, 0.717) is 6.54 Å². The number of benzene rings is 1. The lowest BCUT2D eigenvalue weighted by molar-refractivity contribution is -0.127. The first-order valence-corrected chi connectivity index (χ1v) is 7.83. The predicted octanol–water partition coefficient (Wildman–Crippen LogP) is 1.56. The fraction of sp³-hybridized carbons (Fsp3) is 0.529. The van der Waals surface area contributed by atoms with Crippen LogP contribution in [0.25, 0.3) is 0 Å². The summed E-state index contributed by atoms with van der Waals surface area (Å²) in [5, 5.41) is 12.3. The molecule has 0 unspecified atom stereocenters. The van der Waals surface area contributed by atoms with Crippen LogP contribution in [-0.4, -0.2) is 36.1 Å². The Labute approximate surface area is 131 Å². The van der Waals surface area contributed by atoms with Gasteiger partial charge in [-0.1, -0.05) is 38.5 Å². The first-order valence-electron chi connectivity index (χ1n) is 7.83. The number of anilines is 1. The van der Waals surface area contributed by atoms with Crippen LogP contribution in [-0.2, 0) is 9.59 Å².